The molecule has 0 saturated carbocycles. The molecule has 1 aliphatic rings. The lowest BCUT2D eigenvalue weighted by Gasteiger charge is -2.14. The van der Waals surface area contributed by atoms with Crippen molar-refractivity contribution in [3.8, 4) is 11.4 Å². The summed E-state index contributed by atoms with van der Waals surface area (Å²) in [7, 11) is 0. The van der Waals surface area contributed by atoms with Crippen molar-refractivity contribution < 1.29 is 13.9 Å². The van der Waals surface area contributed by atoms with Crippen LogP contribution in [-0.4, -0.2) is 22.3 Å². The van der Waals surface area contributed by atoms with Crippen molar-refractivity contribution in [3.05, 3.63) is 71.3 Å². The first-order chi connectivity index (χ1) is 13.7. The molecule has 0 spiro atoms. The Labute approximate surface area is 163 Å². The van der Waals surface area contributed by atoms with Gasteiger partial charge >= 0.3 is 0 Å². The molecule has 1 N–H and O–H groups in total. The van der Waals surface area contributed by atoms with Crippen molar-refractivity contribution in [2.45, 2.75) is 32.6 Å². The van der Waals surface area contributed by atoms with Crippen molar-refractivity contribution in [1.29, 1.82) is 0 Å². The summed E-state index contributed by atoms with van der Waals surface area (Å²) in [5, 5.41) is 7.54. The molecule has 4 rings (SSSR count). The van der Waals surface area contributed by atoms with Crippen molar-refractivity contribution in [2.75, 3.05) is 11.9 Å². The maximum atomic E-state index is 13.3. The second-order valence-electron chi connectivity index (χ2n) is 6.75. The predicted molar refractivity (Wildman–Crippen MR) is 106 cm³/mol. The lowest BCUT2D eigenvalue weighted by atomic mass is 9.95. The van der Waals surface area contributed by atoms with E-state index in [0.717, 1.165) is 42.6 Å². The average molecular weight is 379 g/mol. The van der Waals surface area contributed by atoms with Crippen molar-refractivity contribution >= 4 is 11.6 Å². The Hall–Kier alpha value is -3.15. The molecule has 0 aliphatic heterocycles. The number of hydrogen-bond acceptors (Lipinski definition) is 3. The van der Waals surface area contributed by atoms with E-state index in [2.05, 4.69) is 10.4 Å². The van der Waals surface area contributed by atoms with Gasteiger partial charge in [-0.1, -0.05) is 12.1 Å². The SMILES string of the molecule is CCOc1ccccc1NC(=O)c1nn(-c2ccc(F)cc2)c2c1CCCC2. The highest BCUT2D eigenvalue weighted by Gasteiger charge is 2.26. The van der Waals surface area contributed by atoms with E-state index in [9.17, 15) is 9.18 Å². The van der Waals surface area contributed by atoms with Gasteiger partial charge in [-0.15, -0.1) is 0 Å². The largest absolute Gasteiger partial charge is 0.492 e. The first-order valence-corrected chi connectivity index (χ1v) is 9.57. The Morgan fingerprint density at radius 1 is 1.14 bits per heavy atom. The second-order valence-corrected chi connectivity index (χ2v) is 6.75. The maximum absolute atomic E-state index is 13.3. The number of carbonyl (C=O) groups is 1. The Balaban J connectivity index is 1.70. The molecule has 2 aromatic carbocycles. The molecule has 1 amide bonds. The van der Waals surface area contributed by atoms with Crippen LogP contribution >= 0.6 is 0 Å². The second kappa shape index (κ2) is 7.84. The summed E-state index contributed by atoms with van der Waals surface area (Å²) in [6.45, 7) is 2.42. The van der Waals surface area contributed by atoms with Gasteiger partial charge in [0.1, 0.15) is 11.6 Å². The summed E-state index contributed by atoms with van der Waals surface area (Å²) in [6.07, 6.45) is 3.74. The zero-order valence-corrected chi connectivity index (χ0v) is 15.7. The molecular weight excluding hydrogens is 357 g/mol. The summed E-state index contributed by atoms with van der Waals surface area (Å²) >= 11 is 0. The minimum absolute atomic E-state index is 0.258. The zero-order chi connectivity index (χ0) is 19.5. The standard InChI is InChI=1S/C22H22FN3O2/c1-2-28-20-10-6-4-8-18(20)24-22(27)21-17-7-3-5-9-19(17)26(25-21)16-13-11-15(23)12-14-16/h4,6,8,10-14H,2-3,5,7,9H2,1H3,(H,24,27). The number of benzene rings is 2. The smallest absolute Gasteiger partial charge is 0.276 e. The molecule has 144 valence electrons. The lowest BCUT2D eigenvalue weighted by molar-refractivity contribution is 0.102. The Morgan fingerprint density at radius 3 is 2.68 bits per heavy atom. The van der Waals surface area contributed by atoms with Crippen LogP contribution in [0, 0.1) is 5.82 Å². The van der Waals surface area contributed by atoms with Gasteiger partial charge in [-0.05, 0) is 69.0 Å². The number of rotatable bonds is 5. The van der Waals surface area contributed by atoms with E-state index in [0.29, 0.717) is 23.7 Å². The van der Waals surface area contributed by atoms with Crippen LogP contribution in [0.1, 0.15) is 41.5 Å². The molecule has 28 heavy (non-hydrogen) atoms. The van der Waals surface area contributed by atoms with Crippen LogP contribution in [0.5, 0.6) is 5.75 Å². The molecule has 0 radical (unpaired) electrons. The fourth-order valence-corrected chi connectivity index (χ4v) is 3.61. The van der Waals surface area contributed by atoms with Gasteiger partial charge in [0.2, 0.25) is 0 Å². The van der Waals surface area contributed by atoms with Crippen molar-refractivity contribution in [1.82, 2.24) is 9.78 Å². The molecule has 1 aliphatic carbocycles. The van der Waals surface area contributed by atoms with E-state index in [4.69, 9.17) is 4.74 Å². The molecule has 0 fully saturated rings. The number of carbonyl (C=O) groups excluding carboxylic acids is 1. The van der Waals surface area contributed by atoms with Gasteiger partial charge in [0.25, 0.3) is 5.91 Å². The third-order valence-electron chi connectivity index (χ3n) is 4.90. The van der Waals surface area contributed by atoms with E-state index in [1.54, 1.807) is 16.8 Å². The summed E-state index contributed by atoms with van der Waals surface area (Å²) in [4.78, 5) is 13.0. The number of amides is 1. The molecule has 5 nitrogen and oxygen atoms in total. The minimum Gasteiger partial charge on any atom is -0.492 e. The van der Waals surface area contributed by atoms with Crippen LogP contribution < -0.4 is 10.1 Å². The predicted octanol–water partition coefficient (Wildman–Crippen LogP) is 4.54. The number of ether oxygens (including phenoxy) is 1. The van der Waals surface area contributed by atoms with Crippen LogP contribution in [0.2, 0.25) is 0 Å². The van der Waals surface area contributed by atoms with Gasteiger partial charge in [0.05, 0.1) is 18.0 Å². The molecule has 0 bridgehead atoms. The quantitative estimate of drug-likeness (QED) is 0.708. The molecule has 0 atom stereocenters. The number of halogens is 1. The lowest BCUT2D eigenvalue weighted by Crippen LogP contribution is -2.16. The molecule has 1 heterocycles. The highest BCUT2D eigenvalue weighted by Crippen LogP contribution is 2.29. The van der Waals surface area contributed by atoms with E-state index < -0.39 is 0 Å². The van der Waals surface area contributed by atoms with Crippen LogP contribution in [0.4, 0.5) is 10.1 Å². The minimum atomic E-state index is -0.296. The molecule has 1 aromatic heterocycles. The Kier molecular flexibility index (Phi) is 5.10. The highest BCUT2D eigenvalue weighted by molar-refractivity contribution is 6.05. The van der Waals surface area contributed by atoms with Crippen LogP contribution in [0.25, 0.3) is 5.69 Å². The number of anilines is 1. The Bertz CT molecular complexity index is 996. The number of para-hydroxylation sites is 2. The maximum Gasteiger partial charge on any atom is 0.276 e. The monoisotopic (exact) mass is 379 g/mol. The summed E-state index contributed by atoms with van der Waals surface area (Å²) in [5.41, 5.74) is 3.80. The van der Waals surface area contributed by atoms with Gasteiger partial charge in [0.15, 0.2) is 5.69 Å². The molecule has 0 saturated heterocycles. The number of hydrogen-bond donors (Lipinski definition) is 1. The van der Waals surface area contributed by atoms with E-state index in [1.165, 1.54) is 12.1 Å². The van der Waals surface area contributed by atoms with Gasteiger partial charge in [-0.3, -0.25) is 4.79 Å². The topological polar surface area (TPSA) is 56.1 Å². The fourth-order valence-electron chi connectivity index (χ4n) is 3.61. The number of nitrogens with zero attached hydrogens (tertiary/aromatic N) is 2. The molecule has 3 aromatic rings. The fraction of sp³-hybridized carbons (Fsp3) is 0.273. The van der Waals surface area contributed by atoms with Gasteiger partial charge < -0.3 is 10.1 Å². The highest BCUT2D eigenvalue weighted by atomic mass is 19.1. The third kappa shape index (κ3) is 3.50. The number of aromatic nitrogens is 2. The van der Waals surface area contributed by atoms with Crippen LogP contribution in [0.3, 0.4) is 0 Å². The summed E-state index contributed by atoms with van der Waals surface area (Å²) in [5.74, 6) is 0.0756. The Morgan fingerprint density at radius 2 is 1.89 bits per heavy atom. The van der Waals surface area contributed by atoms with E-state index in [1.807, 2.05) is 31.2 Å². The van der Waals surface area contributed by atoms with E-state index in [-0.39, 0.29) is 11.7 Å². The summed E-state index contributed by atoms with van der Waals surface area (Å²) < 4.78 is 20.7. The average Bonchev–Trinajstić information content (AvgIpc) is 3.10. The van der Waals surface area contributed by atoms with Gasteiger partial charge in [0, 0.05) is 11.3 Å². The van der Waals surface area contributed by atoms with Crippen molar-refractivity contribution in [2.24, 2.45) is 0 Å². The van der Waals surface area contributed by atoms with Gasteiger partial charge in [-0.2, -0.15) is 5.10 Å². The number of nitrogens with one attached hydrogen (secondary N) is 1. The zero-order valence-electron chi connectivity index (χ0n) is 15.7. The number of fused-ring (bicyclic) bond motifs is 1. The normalized spacial score (nSPS) is 13.1. The summed E-state index contributed by atoms with van der Waals surface area (Å²) in [6, 6.07) is 13.5. The van der Waals surface area contributed by atoms with Crippen LogP contribution in [-0.2, 0) is 12.8 Å². The van der Waals surface area contributed by atoms with E-state index >= 15 is 0 Å². The third-order valence-corrected chi connectivity index (χ3v) is 4.90. The first-order valence-electron chi connectivity index (χ1n) is 9.57. The van der Waals surface area contributed by atoms with Gasteiger partial charge in [-0.25, -0.2) is 9.07 Å². The molecular formula is C22H22FN3O2. The van der Waals surface area contributed by atoms with Crippen molar-refractivity contribution in [3.63, 3.8) is 0 Å². The van der Waals surface area contributed by atoms with Crippen LogP contribution in [0.15, 0.2) is 48.5 Å². The first kappa shape index (κ1) is 18.2. The molecule has 6 heteroatoms. The molecule has 0 unspecified atom stereocenters.